The van der Waals surface area contributed by atoms with Gasteiger partial charge in [-0.15, -0.1) is 0 Å². The molecule has 0 unspecified atom stereocenters. The van der Waals surface area contributed by atoms with Crippen molar-refractivity contribution in [2.24, 2.45) is 0 Å². The van der Waals surface area contributed by atoms with E-state index in [9.17, 15) is 12.8 Å². The van der Waals surface area contributed by atoms with Crippen LogP contribution in [0.1, 0.15) is 18.9 Å². The lowest BCUT2D eigenvalue weighted by Crippen LogP contribution is -2.18. The van der Waals surface area contributed by atoms with Gasteiger partial charge in [-0.1, -0.05) is 55.5 Å². The summed E-state index contributed by atoms with van der Waals surface area (Å²) in [5, 5.41) is -0.667. The first kappa shape index (κ1) is 15.4. The fraction of sp³-hybridized carbons (Fsp3) is 0.176. The molecule has 0 saturated heterocycles. The number of benzene rings is 2. The van der Waals surface area contributed by atoms with Crippen LogP contribution in [0.4, 0.5) is 4.39 Å². The first-order valence-corrected chi connectivity index (χ1v) is 8.32. The molecule has 1 atom stereocenters. The van der Waals surface area contributed by atoms with Crippen molar-refractivity contribution in [3.63, 3.8) is 0 Å². The van der Waals surface area contributed by atoms with Gasteiger partial charge in [0.1, 0.15) is 5.82 Å². The second-order valence-corrected chi connectivity index (χ2v) is 6.85. The predicted octanol–water partition coefficient (Wildman–Crippen LogP) is 4.09. The van der Waals surface area contributed by atoms with E-state index in [1.807, 2.05) is 0 Å². The van der Waals surface area contributed by atoms with E-state index in [0.717, 1.165) is 0 Å². The molecule has 0 bridgehead atoms. The Kier molecular flexibility index (Phi) is 4.91. The number of rotatable bonds is 5. The Morgan fingerprint density at radius 3 is 2.29 bits per heavy atom. The van der Waals surface area contributed by atoms with Crippen molar-refractivity contribution >= 4 is 15.9 Å². The van der Waals surface area contributed by atoms with Crippen LogP contribution in [-0.4, -0.2) is 13.7 Å². The van der Waals surface area contributed by atoms with Gasteiger partial charge in [0.05, 0.1) is 10.1 Å². The third-order valence-corrected chi connectivity index (χ3v) is 5.49. The smallest absolute Gasteiger partial charge is 0.184 e. The number of hydrogen-bond acceptors (Lipinski definition) is 2. The summed E-state index contributed by atoms with van der Waals surface area (Å²) in [5.41, 5.74) is 0.388. The molecule has 0 amide bonds. The molecule has 0 spiro atoms. The van der Waals surface area contributed by atoms with Crippen molar-refractivity contribution < 1.29 is 12.8 Å². The van der Waals surface area contributed by atoms with Crippen LogP contribution < -0.4 is 0 Å². The highest BCUT2D eigenvalue weighted by Crippen LogP contribution is 2.20. The summed E-state index contributed by atoms with van der Waals surface area (Å²) in [7, 11) is -3.44. The van der Waals surface area contributed by atoms with E-state index in [-0.39, 0.29) is 10.7 Å². The third-order valence-electron chi connectivity index (χ3n) is 3.27. The van der Waals surface area contributed by atoms with Gasteiger partial charge in [-0.2, -0.15) is 0 Å². The van der Waals surface area contributed by atoms with Gasteiger partial charge in [-0.25, -0.2) is 12.8 Å². The van der Waals surface area contributed by atoms with Gasteiger partial charge in [0, 0.05) is 5.56 Å². The predicted molar refractivity (Wildman–Crippen MR) is 83.1 cm³/mol. The minimum Gasteiger partial charge on any atom is -0.223 e. The average Bonchev–Trinajstić information content (AvgIpc) is 2.50. The monoisotopic (exact) mass is 304 g/mol. The van der Waals surface area contributed by atoms with Crippen LogP contribution in [0.3, 0.4) is 0 Å². The first-order chi connectivity index (χ1) is 10.1. The number of hydrogen-bond donors (Lipinski definition) is 0. The topological polar surface area (TPSA) is 34.1 Å². The molecule has 0 aromatic heterocycles. The standard InChI is InChI=1S/C17H17FO2S/c1-2-15(13-12-14-8-6-7-11-17(14)18)21(19,20)16-9-4-3-5-10-16/h3-13,15H,2H2,1H3/b13-12+/t15-/m0/s1. The highest BCUT2D eigenvalue weighted by Gasteiger charge is 2.23. The minimum absolute atomic E-state index is 0.287. The Labute approximate surface area is 124 Å². The van der Waals surface area contributed by atoms with Gasteiger partial charge >= 0.3 is 0 Å². The quantitative estimate of drug-likeness (QED) is 0.833. The maximum absolute atomic E-state index is 13.6. The SMILES string of the molecule is CC[C@@H](/C=C/c1ccccc1F)S(=O)(=O)c1ccccc1. The van der Waals surface area contributed by atoms with Crippen LogP contribution in [0.2, 0.25) is 0 Å². The largest absolute Gasteiger partial charge is 0.223 e. The molecule has 110 valence electrons. The average molecular weight is 304 g/mol. The molecule has 0 aliphatic rings. The van der Waals surface area contributed by atoms with Crippen molar-refractivity contribution in [1.29, 1.82) is 0 Å². The van der Waals surface area contributed by atoms with E-state index in [1.54, 1.807) is 61.5 Å². The second-order valence-electron chi connectivity index (χ2n) is 4.69. The molecule has 0 heterocycles. The van der Waals surface area contributed by atoms with Gasteiger partial charge in [0.25, 0.3) is 0 Å². The van der Waals surface area contributed by atoms with Crippen LogP contribution >= 0.6 is 0 Å². The van der Waals surface area contributed by atoms with Gasteiger partial charge in [0.15, 0.2) is 9.84 Å². The molecular weight excluding hydrogens is 287 g/mol. The fourth-order valence-corrected chi connectivity index (χ4v) is 3.68. The van der Waals surface area contributed by atoms with E-state index in [2.05, 4.69) is 0 Å². The maximum atomic E-state index is 13.6. The molecule has 0 fully saturated rings. The number of halogens is 1. The molecule has 2 nitrogen and oxygen atoms in total. The summed E-state index contributed by atoms with van der Waals surface area (Å²) >= 11 is 0. The van der Waals surface area contributed by atoms with E-state index < -0.39 is 15.1 Å². The second kappa shape index (κ2) is 6.68. The fourth-order valence-electron chi connectivity index (χ4n) is 2.07. The van der Waals surface area contributed by atoms with Crippen LogP contribution in [0.15, 0.2) is 65.6 Å². The molecular formula is C17H17FO2S. The van der Waals surface area contributed by atoms with E-state index in [1.165, 1.54) is 12.1 Å². The molecule has 0 aliphatic carbocycles. The van der Waals surface area contributed by atoms with Crippen LogP contribution in [0.25, 0.3) is 6.08 Å². The molecule has 4 heteroatoms. The third kappa shape index (κ3) is 3.58. The highest BCUT2D eigenvalue weighted by atomic mass is 32.2. The van der Waals surface area contributed by atoms with Crippen molar-refractivity contribution in [2.75, 3.05) is 0 Å². The van der Waals surface area contributed by atoms with Crippen molar-refractivity contribution in [3.05, 3.63) is 72.1 Å². The van der Waals surface area contributed by atoms with E-state index in [4.69, 9.17) is 0 Å². The molecule has 0 saturated carbocycles. The van der Waals surface area contributed by atoms with Gasteiger partial charge in [0.2, 0.25) is 0 Å². The normalized spacial score (nSPS) is 13.4. The van der Waals surface area contributed by atoms with Gasteiger partial charge < -0.3 is 0 Å². The molecule has 2 aromatic rings. The Hall–Kier alpha value is -1.94. The molecule has 21 heavy (non-hydrogen) atoms. The van der Waals surface area contributed by atoms with Crippen molar-refractivity contribution in [1.82, 2.24) is 0 Å². The summed E-state index contributed by atoms with van der Waals surface area (Å²) in [4.78, 5) is 0.287. The van der Waals surface area contributed by atoms with Crippen molar-refractivity contribution in [3.8, 4) is 0 Å². The zero-order valence-electron chi connectivity index (χ0n) is 11.7. The van der Waals surface area contributed by atoms with E-state index >= 15 is 0 Å². The molecule has 2 aromatic carbocycles. The Morgan fingerprint density at radius 2 is 1.67 bits per heavy atom. The summed E-state index contributed by atoms with van der Waals surface area (Å²) in [6.45, 7) is 1.80. The maximum Gasteiger partial charge on any atom is 0.184 e. The minimum atomic E-state index is -3.44. The van der Waals surface area contributed by atoms with Crippen LogP contribution in [-0.2, 0) is 9.84 Å². The Morgan fingerprint density at radius 1 is 1.05 bits per heavy atom. The lowest BCUT2D eigenvalue weighted by atomic mass is 10.2. The Balaban J connectivity index is 2.31. The van der Waals surface area contributed by atoms with Crippen LogP contribution in [0, 0.1) is 5.82 Å². The van der Waals surface area contributed by atoms with E-state index in [0.29, 0.717) is 12.0 Å². The lowest BCUT2D eigenvalue weighted by molar-refractivity contribution is 0.586. The molecule has 0 radical (unpaired) electrons. The summed E-state index contributed by atoms with van der Waals surface area (Å²) in [6, 6.07) is 14.6. The van der Waals surface area contributed by atoms with Gasteiger partial charge in [-0.3, -0.25) is 0 Å². The van der Waals surface area contributed by atoms with Crippen molar-refractivity contribution in [2.45, 2.75) is 23.5 Å². The molecule has 0 aliphatic heterocycles. The first-order valence-electron chi connectivity index (χ1n) is 6.77. The zero-order chi connectivity index (χ0) is 15.3. The zero-order valence-corrected chi connectivity index (χ0v) is 12.6. The summed E-state index contributed by atoms with van der Waals surface area (Å²) in [5.74, 6) is -0.360. The van der Waals surface area contributed by atoms with Crippen LogP contribution in [0.5, 0.6) is 0 Å². The molecule has 2 rings (SSSR count). The highest BCUT2D eigenvalue weighted by molar-refractivity contribution is 7.92. The summed E-state index contributed by atoms with van der Waals surface area (Å²) in [6.07, 6.45) is 3.52. The molecule has 0 N–H and O–H groups in total. The number of sulfone groups is 1. The van der Waals surface area contributed by atoms with Gasteiger partial charge in [-0.05, 0) is 24.6 Å². The lowest BCUT2D eigenvalue weighted by Gasteiger charge is -2.12. The summed E-state index contributed by atoms with van der Waals surface area (Å²) < 4.78 is 38.6. The Bertz CT molecular complexity index is 721.